The molecule has 1 rings (SSSR count). The van der Waals surface area contributed by atoms with Crippen LogP contribution in [0.25, 0.3) is 0 Å². The van der Waals surface area contributed by atoms with Gasteiger partial charge in [0.1, 0.15) is 0 Å². The molecule has 1 fully saturated rings. The molecular formula is C10H21BO3. The van der Waals surface area contributed by atoms with Gasteiger partial charge in [-0.2, -0.15) is 0 Å². The molecule has 82 valence electrons. The van der Waals surface area contributed by atoms with E-state index >= 15 is 0 Å². The molecular weight excluding hydrogens is 179 g/mol. The second-order valence-electron chi connectivity index (χ2n) is 5.30. The maximum atomic E-state index is 5.76. The first-order chi connectivity index (χ1) is 6.24. The van der Waals surface area contributed by atoms with Crippen molar-refractivity contribution in [3.8, 4) is 0 Å². The van der Waals surface area contributed by atoms with Crippen molar-refractivity contribution in [1.82, 2.24) is 0 Å². The SMILES string of the molecule is CC(C)OB1OCC(C)(C)C(C)(C)O1. The van der Waals surface area contributed by atoms with Gasteiger partial charge in [-0.25, -0.2) is 0 Å². The van der Waals surface area contributed by atoms with Crippen LogP contribution >= 0.6 is 0 Å². The molecule has 1 aliphatic heterocycles. The van der Waals surface area contributed by atoms with Crippen molar-refractivity contribution in [2.75, 3.05) is 6.61 Å². The van der Waals surface area contributed by atoms with Gasteiger partial charge in [0.2, 0.25) is 0 Å². The minimum Gasteiger partial charge on any atom is -0.385 e. The number of hydrogen-bond acceptors (Lipinski definition) is 3. The van der Waals surface area contributed by atoms with Crippen molar-refractivity contribution in [1.29, 1.82) is 0 Å². The highest BCUT2D eigenvalue weighted by Gasteiger charge is 2.47. The molecule has 0 saturated carbocycles. The van der Waals surface area contributed by atoms with E-state index in [2.05, 4.69) is 27.7 Å². The standard InChI is InChI=1S/C10H21BO3/c1-8(2)13-11-12-7-9(3,4)10(5,6)14-11/h8H,7H2,1-6H3. The van der Waals surface area contributed by atoms with E-state index in [4.69, 9.17) is 14.0 Å². The van der Waals surface area contributed by atoms with Crippen molar-refractivity contribution >= 4 is 7.32 Å². The van der Waals surface area contributed by atoms with E-state index in [1.165, 1.54) is 0 Å². The van der Waals surface area contributed by atoms with Gasteiger partial charge in [0.25, 0.3) is 0 Å². The number of rotatable bonds is 2. The lowest BCUT2D eigenvalue weighted by atomic mass is 9.75. The lowest BCUT2D eigenvalue weighted by molar-refractivity contribution is -0.129. The summed E-state index contributed by atoms with van der Waals surface area (Å²) in [6, 6.07) is 0. The van der Waals surface area contributed by atoms with Crippen LogP contribution in [0.3, 0.4) is 0 Å². The molecule has 3 nitrogen and oxygen atoms in total. The van der Waals surface area contributed by atoms with Crippen LogP contribution in [0.2, 0.25) is 0 Å². The molecule has 0 bridgehead atoms. The first-order valence-corrected chi connectivity index (χ1v) is 5.19. The van der Waals surface area contributed by atoms with Crippen molar-refractivity contribution in [3.05, 3.63) is 0 Å². The third kappa shape index (κ3) is 2.50. The Morgan fingerprint density at radius 3 is 2.21 bits per heavy atom. The lowest BCUT2D eigenvalue weighted by Gasteiger charge is -2.46. The smallest absolute Gasteiger partial charge is 0.385 e. The maximum Gasteiger partial charge on any atom is 0.640 e. The van der Waals surface area contributed by atoms with Crippen LogP contribution in [0.4, 0.5) is 0 Å². The van der Waals surface area contributed by atoms with E-state index in [0.29, 0.717) is 6.61 Å². The molecule has 0 N–H and O–H groups in total. The maximum absolute atomic E-state index is 5.76. The third-order valence-corrected chi connectivity index (χ3v) is 2.98. The minimum absolute atomic E-state index is 0.0177. The Kier molecular flexibility index (Phi) is 3.29. The summed E-state index contributed by atoms with van der Waals surface area (Å²) in [4.78, 5) is 0. The predicted octanol–water partition coefficient (Wildman–Crippen LogP) is 2.25. The zero-order valence-corrected chi connectivity index (χ0v) is 10.1. The van der Waals surface area contributed by atoms with Gasteiger partial charge in [-0.15, -0.1) is 0 Å². The van der Waals surface area contributed by atoms with Crippen LogP contribution in [0.15, 0.2) is 0 Å². The van der Waals surface area contributed by atoms with Crippen molar-refractivity contribution in [2.45, 2.75) is 53.2 Å². The highest BCUT2D eigenvalue weighted by Crippen LogP contribution is 2.38. The third-order valence-electron chi connectivity index (χ3n) is 2.98. The Morgan fingerprint density at radius 1 is 1.21 bits per heavy atom. The first kappa shape index (κ1) is 12.0. The first-order valence-electron chi connectivity index (χ1n) is 5.19. The zero-order valence-electron chi connectivity index (χ0n) is 10.1. The van der Waals surface area contributed by atoms with Gasteiger partial charge in [-0.3, -0.25) is 0 Å². The fourth-order valence-electron chi connectivity index (χ4n) is 1.17. The molecule has 0 atom stereocenters. The van der Waals surface area contributed by atoms with Crippen molar-refractivity contribution in [2.24, 2.45) is 5.41 Å². The fraction of sp³-hybridized carbons (Fsp3) is 1.00. The molecule has 0 unspecified atom stereocenters. The average Bonchev–Trinajstić information content (AvgIpc) is 1.96. The van der Waals surface area contributed by atoms with Crippen LogP contribution in [-0.4, -0.2) is 25.6 Å². The van der Waals surface area contributed by atoms with Crippen LogP contribution in [-0.2, 0) is 14.0 Å². The Hall–Kier alpha value is -0.0551. The molecule has 4 heteroatoms. The van der Waals surface area contributed by atoms with E-state index in [1.54, 1.807) is 0 Å². The van der Waals surface area contributed by atoms with Crippen LogP contribution < -0.4 is 0 Å². The quantitative estimate of drug-likeness (QED) is 0.639. The van der Waals surface area contributed by atoms with E-state index in [-0.39, 0.29) is 17.1 Å². The Morgan fingerprint density at radius 2 is 1.79 bits per heavy atom. The second-order valence-corrected chi connectivity index (χ2v) is 5.30. The fourth-order valence-corrected chi connectivity index (χ4v) is 1.17. The summed E-state index contributed by atoms with van der Waals surface area (Å²) < 4.78 is 16.7. The molecule has 0 aliphatic carbocycles. The lowest BCUT2D eigenvalue weighted by Crippen LogP contribution is -2.55. The molecule has 0 aromatic heterocycles. The number of hydrogen-bond donors (Lipinski definition) is 0. The van der Waals surface area contributed by atoms with Gasteiger partial charge in [0.05, 0.1) is 5.60 Å². The van der Waals surface area contributed by atoms with E-state index in [1.807, 2.05) is 13.8 Å². The van der Waals surface area contributed by atoms with Gasteiger partial charge >= 0.3 is 7.32 Å². The summed E-state index contributed by atoms with van der Waals surface area (Å²) in [5.74, 6) is 0. The summed E-state index contributed by atoms with van der Waals surface area (Å²) in [5.41, 5.74) is -0.200. The summed E-state index contributed by atoms with van der Waals surface area (Å²) in [7, 11) is -0.516. The van der Waals surface area contributed by atoms with E-state index in [0.717, 1.165) is 0 Å². The monoisotopic (exact) mass is 200 g/mol. The molecule has 0 aromatic carbocycles. The van der Waals surface area contributed by atoms with E-state index in [9.17, 15) is 0 Å². The molecule has 1 saturated heterocycles. The van der Waals surface area contributed by atoms with Crippen molar-refractivity contribution in [3.63, 3.8) is 0 Å². The van der Waals surface area contributed by atoms with Crippen LogP contribution in [0.1, 0.15) is 41.5 Å². The molecule has 1 heterocycles. The largest absolute Gasteiger partial charge is 0.640 e. The van der Waals surface area contributed by atoms with Gasteiger partial charge in [0.15, 0.2) is 0 Å². The second kappa shape index (κ2) is 3.84. The van der Waals surface area contributed by atoms with Gasteiger partial charge < -0.3 is 14.0 Å². The Balaban J connectivity index is 2.59. The highest BCUT2D eigenvalue weighted by atomic mass is 16.8. The van der Waals surface area contributed by atoms with Crippen molar-refractivity contribution < 1.29 is 14.0 Å². The Labute approximate surface area is 87.3 Å². The van der Waals surface area contributed by atoms with E-state index < -0.39 is 7.32 Å². The molecule has 1 aliphatic rings. The summed E-state index contributed by atoms with van der Waals surface area (Å²) >= 11 is 0. The summed E-state index contributed by atoms with van der Waals surface area (Å²) in [6.45, 7) is 13.0. The van der Waals surface area contributed by atoms with Crippen LogP contribution in [0.5, 0.6) is 0 Å². The highest BCUT2D eigenvalue weighted by molar-refractivity contribution is 6.36. The topological polar surface area (TPSA) is 27.7 Å². The normalized spacial score (nSPS) is 25.5. The molecule has 0 spiro atoms. The summed E-state index contributed by atoms with van der Waals surface area (Å²) in [6.07, 6.45) is 0.122. The van der Waals surface area contributed by atoms with Crippen LogP contribution in [0, 0.1) is 5.41 Å². The molecule has 0 aromatic rings. The average molecular weight is 200 g/mol. The van der Waals surface area contributed by atoms with Gasteiger partial charge in [0, 0.05) is 18.1 Å². The predicted molar refractivity (Wildman–Crippen MR) is 56.9 cm³/mol. The zero-order chi connectivity index (χ0) is 11.0. The molecule has 14 heavy (non-hydrogen) atoms. The van der Waals surface area contributed by atoms with Gasteiger partial charge in [-0.05, 0) is 27.7 Å². The summed E-state index contributed by atoms with van der Waals surface area (Å²) in [5, 5.41) is 0. The Bertz CT molecular complexity index is 202. The molecule has 0 amide bonds. The molecule has 0 radical (unpaired) electrons. The minimum atomic E-state index is -0.516. The van der Waals surface area contributed by atoms with Gasteiger partial charge in [-0.1, -0.05) is 13.8 Å².